The predicted molar refractivity (Wildman–Crippen MR) is 86.5 cm³/mol. The number of hydrogen-bond acceptors (Lipinski definition) is 5. The summed E-state index contributed by atoms with van der Waals surface area (Å²) in [5.41, 5.74) is 3.50. The molecule has 0 N–H and O–H groups in total. The van der Waals surface area contributed by atoms with E-state index >= 15 is 0 Å². The zero-order valence-corrected chi connectivity index (χ0v) is 13.4. The first-order chi connectivity index (χ1) is 12.1. The Kier molecular flexibility index (Phi) is 3.82. The molecule has 6 nitrogen and oxygen atoms in total. The largest absolute Gasteiger partial charge is 0.376 e. The van der Waals surface area contributed by atoms with Gasteiger partial charge < -0.3 is 9.57 Å². The summed E-state index contributed by atoms with van der Waals surface area (Å²) in [5.74, 6) is -1.90. The van der Waals surface area contributed by atoms with E-state index in [1.165, 1.54) is 17.7 Å². The lowest BCUT2D eigenvalue weighted by molar-refractivity contribution is -0.167. The van der Waals surface area contributed by atoms with Gasteiger partial charge in [0.2, 0.25) is 0 Å². The lowest BCUT2D eigenvalue weighted by atomic mass is 9.99. The van der Waals surface area contributed by atoms with Crippen molar-refractivity contribution in [2.24, 2.45) is 0 Å². The molecule has 0 atom stereocenters. The van der Waals surface area contributed by atoms with Gasteiger partial charge in [0.15, 0.2) is 0 Å². The highest BCUT2D eigenvalue weighted by Gasteiger charge is 2.38. The Labute approximate surface area is 143 Å². The standard InChI is InChI=1S/C19H15NO5/c21-17(10-12-5-6-13-7-8-24-11-14(13)9-12)25-20-18(22)15-3-1-2-4-16(15)19(20)23/h1-6,9H,7-8,10-11H2. The number of amides is 2. The van der Waals surface area contributed by atoms with Gasteiger partial charge in [0.1, 0.15) is 0 Å². The molecule has 2 aromatic rings. The van der Waals surface area contributed by atoms with E-state index in [0.717, 1.165) is 17.5 Å². The molecule has 6 heteroatoms. The second kappa shape index (κ2) is 6.14. The Balaban J connectivity index is 1.46. The monoisotopic (exact) mass is 337 g/mol. The van der Waals surface area contributed by atoms with E-state index in [9.17, 15) is 14.4 Å². The Hall–Kier alpha value is -2.99. The number of hydroxylamine groups is 2. The number of rotatable bonds is 3. The van der Waals surface area contributed by atoms with E-state index in [4.69, 9.17) is 9.57 Å². The first-order valence-electron chi connectivity index (χ1n) is 8.00. The fourth-order valence-electron chi connectivity index (χ4n) is 3.08. The Bertz CT molecular complexity index is 854. The molecule has 0 radical (unpaired) electrons. The molecule has 25 heavy (non-hydrogen) atoms. The van der Waals surface area contributed by atoms with Crippen LogP contribution in [0.1, 0.15) is 37.4 Å². The maximum absolute atomic E-state index is 12.2. The van der Waals surface area contributed by atoms with Crippen LogP contribution in [0, 0.1) is 0 Å². The van der Waals surface area contributed by atoms with Crippen molar-refractivity contribution in [1.82, 2.24) is 5.06 Å². The molecule has 2 aliphatic heterocycles. The van der Waals surface area contributed by atoms with Crippen LogP contribution in [-0.2, 0) is 33.8 Å². The summed E-state index contributed by atoms with van der Waals surface area (Å²) in [5, 5.41) is 0.536. The van der Waals surface area contributed by atoms with Gasteiger partial charge in [-0.25, -0.2) is 4.79 Å². The highest BCUT2D eigenvalue weighted by molar-refractivity contribution is 6.20. The summed E-state index contributed by atoms with van der Waals surface area (Å²) >= 11 is 0. The summed E-state index contributed by atoms with van der Waals surface area (Å²) in [6, 6.07) is 12.1. The maximum atomic E-state index is 12.2. The number of carbonyl (C=O) groups is 3. The quantitative estimate of drug-likeness (QED) is 0.802. The SMILES string of the molecule is O=C(Cc1ccc2c(c1)COCC2)ON1C(=O)c2ccccc2C1=O. The van der Waals surface area contributed by atoms with E-state index in [-0.39, 0.29) is 17.5 Å². The van der Waals surface area contributed by atoms with Crippen molar-refractivity contribution in [2.75, 3.05) is 6.61 Å². The molecular formula is C19H15NO5. The molecule has 4 rings (SSSR count). The minimum Gasteiger partial charge on any atom is -0.376 e. The summed E-state index contributed by atoms with van der Waals surface area (Å²) in [4.78, 5) is 41.6. The molecule has 0 saturated heterocycles. The average Bonchev–Trinajstić information content (AvgIpc) is 2.87. The fourth-order valence-corrected chi connectivity index (χ4v) is 3.08. The lowest BCUT2D eigenvalue weighted by Crippen LogP contribution is -2.33. The van der Waals surface area contributed by atoms with Gasteiger partial charge in [0, 0.05) is 0 Å². The van der Waals surface area contributed by atoms with Crippen molar-refractivity contribution >= 4 is 17.8 Å². The summed E-state index contributed by atoms with van der Waals surface area (Å²) in [6.45, 7) is 1.23. The van der Waals surface area contributed by atoms with E-state index in [0.29, 0.717) is 18.3 Å². The molecule has 2 heterocycles. The van der Waals surface area contributed by atoms with Crippen LogP contribution in [0.25, 0.3) is 0 Å². The molecule has 0 unspecified atom stereocenters. The third-order valence-corrected chi connectivity index (χ3v) is 4.34. The van der Waals surface area contributed by atoms with Gasteiger partial charge in [-0.3, -0.25) is 9.59 Å². The molecule has 0 saturated carbocycles. The Morgan fingerprint density at radius 1 is 1.04 bits per heavy atom. The molecule has 2 amide bonds. The summed E-state index contributed by atoms with van der Waals surface area (Å²) in [7, 11) is 0. The van der Waals surface area contributed by atoms with Gasteiger partial charge >= 0.3 is 5.97 Å². The average molecular weight is 337 g/mol. The molecule has 2 aromatic carbocycles. The Morgan fingerprint density at radius 3 is 2.48 bits per heavy atom. The molecular weight excluding hydrogens is 322 g/mol. The number of hydrogen-bond donors (Lipinski definition) is 0. The number of fused-ring (bicyclic) bond motifs is 2. The van der Waals surface area contributed by atoms with E-state index in [1.54, 1.807) is 12.1 Å². The van der Waals surface area contributed by atoms with E-state index in [1.807, 2.05) is 18.2 Å². The van der Waals surface area contributed by atoms with Gasteiger partial charge in [-0.05, 0) is 35.2 Å². The highest BCUT2D eigenvalue weighted by Crippen LogP contribution is 2.23. The first kappa shape index (κ1) is 15.5. The predicted octanol–water partition coefficient (Wildman–Crippen LogP) is 2.06. The smallest absolute Gasteiger partial charge is 0.337 e. The molecule has 0 aromatic heterocycles. The van der Waals surface area contributed by atoms with Crippen LogP contribution in [-0.4, -0.2) is 29.5 Å². The van der Waals surface area contributed by atoms with Crippen LogP contribution in [0.5, 0.6) is 0 Å². The summed E-state index contributed by atoms with van der Waals surface area (Å²) < 4.78 is 5.41. The second-order valence-electron chi connectivity index (χ2n) is 6.00. The molecule has 0 spiro atoms. The third-order valence-electron chi connectivity index (χ3n) is 4.34. The van der Waals surface area contributed by atoms with Gasteiger partial charge in [-0.2, -0.15) is 0 Å². The third kappa shape index (κ3) is 2.81. The highest BCUT2D eigenvalue weighted by atomic mass is 16.7. The van der Waals surface area contributed by atoms with Crippen LogP contribution in [0.4, 0.5) is 0 Å². The number of carbonyl (C=O) groups excluding carboxylic acids is 3. The van der Waals surface area contributed by atoms with Crippen molar-refractivity contribution in [3.05, 3.63) is 70.3 Å². The number of imide groups is 1. The molecule has 126 valence electrons. The normalized spacial score (nSPS) is 15.8. The zero-order valence-electron chi connectivity index (χ0n) is 13.4. The van der Waals surface area contributed by atoms with Crippen LogP contribution in [0.3, 0.4) is 0 Å². The minimum absolute atomic E-state index is 0.0271. The van der Waals surface area contributed by atoms with Gasteiger partial charge in [-0.15, -0.1) is 0 Å². The summed E-state index contributed by atoms with van der Waals surface area (Å²) in [6.07, 6.45) is 0.829. The molecule has 2 aliphatic rings. The Morgan fingerprint density at radius 2 is 1.76 bits per heavy atom. The van der Waals surface area contributed by atoms with Crippen molar-refractivity contribution < 1.29 is 24.0 Å². The number of nitrogens with zero attached hydrogens (tertiary/aromatic N) is 1. The van der Waals surface area contributed by atoms with E-state index < -0.39 is 17.8 Å². The van der Waals surface area contributed by atoms with Crippen LogP contribution in [0.15, 0.2) is 42.5 Å². The topological polar surface area (TPSA) is 72.9 Å². The van der Waals surface area contributed by atoms with Crippen molar-refractivity contribution in [1.29, 1.82) is 0 Å². The van der Waals surface area contributed by atoms with Crippen molar-refractivity contribution in [3.8, 4) is 0 Å². The zero-order chi connectivity index (χ0) is 17.4. The van der Waals surface area contributed by atoms with Gasteiger partial charge in [0.25, 0.3) is 11.8 Å². The van der Waals surface area contributed by atoms with Crippen LogP contribution in [0.2, 0.25) is 0 Å². The van der Waals surface area contributed by atoms with Crippen molar-refractivity contribution in [2.45, 2.75) is 19.4 Å². The number of benzene rings is 2. The van der Waals surface area contributed by atoms with Gasteiger partial charge in [0.05, 0.1) is 30.8 Å². The minimum atomic E-state index is -0.661. The first-order valence-corrected chi connectivity index (χ1v) is 8.00. The van der Waals surface area contributed by atoms with Crippen LogP contribution >= 0.6 is 0 Å². The second-order valence-corrected chi connectivity index (χ2v) is 6.00. The number of ether oxygens (including phenoxy) is 1. The lowest BCUT2D eigenvalue weighted by Gasteiger charge is -2.17. The molecule has 0 bridgehead atoms. The van der Waals surface area contributed by atoms with Crippen LogP contribution < -0.4 is 0 Å². The fraction of sp³-hybridized carbons (Fsp3) is 0.211. The molecule has 0 fully saturated rings. The van der Waals surface area contributed by atoms with Gasteiger partial charge in [-0.1, -0.05) is 35.4 Å². The van der Waals surface area contributed by atoms with E-state index in [2.05, 4.69) is 0 Å². The molecule has 0 aliphatic carbocycles. The van der Waals surface area contributed by atoms with Crippen molar-refractivity contribution in [3.63, 3.8) is 0 Å². The maximum Gasteiger partial charge on any atom is 0.337 e.